The van der Waals surface area contributed by atoms with Gasteiger partial charge in [-0.05, 0) is 30.3 Å². The summed E-state index contributed by atoms with van der Waals surface area (Å²) in [4.78, 5) is 20.7. The molecule has 126 valence electrons. The van der Waals surface area contributed by atoms with Gasteiger partial charge in [-0.15, -0.1) is 0 Å². The van der Waals surface area contributed by atoms with Crippen LogP contribution in [0.25, 0.3) is 0 Å². The fourth-order valence-corrected chi connectivity index (χ4v) is 2.31. The number of para-hydroxylation sites is 1. The van der Waals surface area contributed by atoms with E-state index in [2.05, 4.69) is 20.6 Å². The molecule has 25 heavy (non-hydrogen) atoms. The van der Waals surface area contributed by atoms with E-state index < -0.39 is 0 Å². The predicted molar refractivity (Wildman–Crippen MR) is 97.7 cm³/mol. The molecule has 6 nitrogen and oxygen atoms in total. The highest BCUT2D eigenvalue weighted by atomic mass is 35.5. The van der Waals surface area contributed by atoms with Crippen LogP contribution in [0.2, 0.25) is 5.02 Å². The fraction of sp³-hybridized carbons (Fsp3) is 0.0556. The van der Waals surface area contributed by atoms with Crippen LogP contribution in [0, 0.1) is 0 Å². The molecule has 3 rings (SSSR count). The van der Waals surface area contributed by atoms with E-state index in [-0.39, 0.29) is 17.5 Å². The van der Waals surface area contributed by atoms with Crippen molar-refractivity contribution in [2.75, 3.05) is 17.7 Å². The maximum Gasteiger partial charge on any atom is 0.274 e. The van der Waals surface area contributed by atoms with Crippen molar-refractivity contribution < 1.29 is 9.53 Å². The Labute approximate surface area is 149 Å². The Morgan fingerprint density at radius 2 is 1.96 bits per heavy atom. The monoisotopic (exact) mass is 354 g/mol. The van der Waals surface area contributed by atoms with Crippen LogP contribution >= 0.6 is 11.6 Å². The van der Waals surface area contributed by atoms with Gasteiger partial charge in [0.25, 0.3) is 5.91 Å². The molecule has 1 aromatic heterocycles. The number of nitrogens with one attached hydrogen (secondary N) is 2. The van der Waals surface area contributed by atoms with Crippen molar-refractivity contribution in [2.24, 2.45) is 0 Å². The van der Waals surface area contributed by atoms with Gasteiger partial charge in [-0.25, -0.2) is 9.97 Å². The average molecular weight is 355 g/mol. The number of halogens is 1. The number of hydrogen-bond acceptors (Lipinski definition) is 5. The summed E-state index contributed by atoms with van der Waals surface area (Å²) in [5.74, 6) is 0.589. The zero-order valence-corrected chi connectivity index (χ0v) is 14.1. The minimum absolute atomic E-state index is 0.229. The summed E-state index contributed by atoms with van der Waals surface area (Å²) >= 11 is 6.10. The van der Waals surface area contributed by atoms with Gasteiger partial charge in [-0.3, -0.25) is 4.79 Å². The van der Waals surface area contributed by atoms with Crippen LogP contribution < -0.4 is 15.4 Å². The number of nitrogens with zero attached hydrogens (tertiary/aromatic N) is 2. The smallest absolute Gasteiger partial charge is 0.274 e. The van der Waals surface area contributed by atoms with Crippen LogP contribution in [0.15, 0.2) is 60.8 Å². The molecule has 2 N–H and O–H groups in total. The van der Waals surface area contributed by atoms with Gasteiger partial charge in [0.05, 0.1) is 17.8 Å². The molecular formula is C18H15ClN4O2. The zero-order valence-electron chi connectivity index (χ0n) is 13.4. The van der Waals surface area contributed by atoms with Gasteiger partial charge in [0.2, 0.25) is 5.95 Å². The first-order valence-corrected chi connectivity index (χ1v) is 7.83. The molecule has 0 saturated heterocycles. The van der Waals surface area contributed by atoms with E-state index in [9.17, 15) is 4.79 Å². The molecule has 2 aromatic carbocycles. The molecule has 7 heteroatoms. The predicted octanol–water partition coefficient (Wildman–Crippen LogP) is 4.13. The second-order valence-electron chi connectivity index (χ2n) is 5.06. The minimum Gasteiger partial charge on any atom is -0.497 e. The van der Waals surface area contributed by atoms with Crippen molar-refractivity contribution in [2.45, 2.75) is 0 Å². The molecule has 1 amide bonds. The highest BCUT2D eigenvalue weighted by molar-refractivity contribution is 6.33. The number of rotatable bonds is 5. The van der Waals surface area contributed by atoms with Gasteiger partial charge in [0.1, 0.15) is 11.4 Å². The normalized spacial score (nSPS) is 10.2. The van der Waals surface area contributed by atoms with Crippen LogP contribution in [-0.2, 0) is 0 Å². The van der Waals surface area contributed by atoms with E-state index in [1.165, 1.54) is 12.3 Å². The number of benzene rings is 2. The number of carbonyl (C=O) groups excluding carboxylic acids is 1. The Hall–Kier alpha value is -3.12. The second kappa shape index (κ2) is 7.63. The number of hydrogen-bond donors (Lipinski definition) is 2. The Kier molecular flexibility index (Phi) is 5.11. The molecule has 0 unspecified atom stereocenters. The van der Waals surface area contributed by atoms with Crippen LogP contribution in [0.5, 0.6) is 5.75 Å². The summed E-state index contributed by atoms with van der Waals surface area (Å²) in [5.41, 5.74) is 1.51. The van der Waals surface area contributed by atoms with Gasteiger partial charge in [0, 0.05) is 18.0 Å². The lowest BCUT2D eigenvalue weighted by atomic mass is 10.3. The number of methoxy groups -OCH3 is 1. The maximum absolute atomic E-state index is 12.4. The van der Waals surface area contributed by atoms with Gasteiger partial charge in [0.15, 0.2) is 0 Å². The number of anilines is 3. The highest BCUT2D eigenvalue weighted by Gasteiger charge is 2.10. The lowest BCUT2D eigenvalue weighted by Crippen LogP contribution is -2.14. The van der Waals surface area contributed by atoms with E-state index in [1.54, 1.807) is 43.5 Å². The van der Waals surface area contributed by atoms with E-state index in [0.29, 0.717) is 22.1 Å². The number of carbonyl (C=O) groups is 1. The lowest BCUT2D eigenvalue weighted by molar-refractivity contribution is 0.102. The zero-order chi connectivity index (χ0) is 17.6. The standard InChI is InChI=1S/C18H15ClN4O2/c1-25-13-6-4-5-12(11-13)21-17(24)16-9-10-20-18(23-16)22-15-8-3-2-7-14(15)19/h2-11H,1H3,(H,21,24)(H,20,22,23). The summed E-state index contributed by atoms with van der Waals surface area (Å²) in [7, 11) is 1.57. The van der Waals surface area contributed by atoms with Crippen LogP contribution in [0.3, 0.4) is 0 Å². The third-order valence-corrected chi connectivity index (χ3v) is 3.67. The summed E-state index contributed by atoms with van der Waals surface area (Å²) in [6.45, 7) is 0. The van der Waals surface area contributed by atoms with Gasteiger partial charge >= 0.3 is 0 Å². The largest absolute Gasteiger partial charge is 0.497 e. The van der Waals surface area contributed by atoms with Gasteiger partial charge < -0.3 is 15.4 Å². The molecule has 0 radical (unpaired) electrons. The lowest BCUT2D eigenvalue weighted by Gasteiger charge is -2.09. The van der Waals surface area contributed by atoms with Crippen LogP contribution in [0.4, 0.5) is 17.3 Å². The molecule has 0 aliphatic rings. The van der Waals surface area contributed by atoms with E-state index in [4.69, 9.17) is 16.3 Å². The van der Waals surface area contributed by atoms with Crippen LogP contribution in [0.1, 0.15) is 10.5 Å². The van der Waals surface area contributed by atoms with Crippen molar-refractivity contribution in [1.29, 1.82) is 0 Å². The van der Waals surface area contributed by atoms with Crippen molar-refractivity contribution in [3.63, 3.8) is 0 Å². The summed E-state index contributed by atoms with van der Waals surface area (Å²) < 4.78 is 5.14. The number of ether oxygens (including phenoxy) is 1. The Morgan fingerprint density at radius 1 is 1.12 bits per heavy atom. The Balaban J connectivity index is 1.76. The average Bonchev–Trinajstić information content (AvgIpc) is 2.64. The molecule has 1 heterocycles. The molecule has 3 aromatic rings. The van der Waals surface area contributed by atoms with Gasteiger partial charge in [-0.1, -0.05) is 29.8 Å². The van der Waals surface area contributed by atoms with E-state index >= 15 is 0 Å². The SMILES string of the molecule is COc1cccc(NC(=O)c2ccnc(Nc3ccccc3Cl)n2)c1. The van der Waals surface area contributed by atoms with E-state index in [0.717, 1.165) is 0 Å². The van der Waals surface area contributed by atoms with Crippen LogP contribution in [-0.4, -0.2) is 23.0 Å². The van der Waals surface area contributed by atoms with Crippen molar-refractivity contribution in [3.05, 3.63) is 71.5 Å². The quantitative estimate of drug-likeness (QED) is 0.720. The third-order valence-electron chi connectivity index (χ3n) is 3.34. The number of amides is 1. The fourth-order valence-electron chi connectivity index (χ4n) is 2.12. The molecule has 0 aliphatic heterocycles. The minimum atomic E-state index is -0.349. The van der Waals surface area contributed by atoms with Gasteiger partial charge in [-0.2, -0.15) is 0 Å². The Bertz CT molecular complexity index is 902. The first-order chi connectivity index (χ1) is 12.2. The summed E-state index contributed by atoms with van der Waals surface area (Å²) in [5, 5.41) is 6.31. The first kappa shape index (κ1) is 16.7. The molecule has 0 atom stereocenters. The van der Waals surface area contributed by atoms with Crippen molar-refractivity contribution in [1.82, 2.24) is 9.97 Å². The molecule has 0 bridgehead atoms. The molecule has 0 spiro atoms. The van der Waals surface area contributed by atoms with Crippen molar-refractivity contribution in [3.8, 4) is 5.75 Å². The molecule has 0 fully saturated rings. The maximum atomic E-state index is 12.4. The first-order valence-electron chi connectivity index (χ1n) is 7.46. The summed E-state index contributed by atoms with van der Waals surface area (Å²) in [6.07, 6.45) is 1.51. The molecular weight excluding hydrogens is 340 g/mol. The molecule has 0 saturated carbocycles. The second-order valence-corrected chi connectivity index (χ2v) is 5.46. The topological polar surface area (TPSA) is 76.1 Å². The van der Waals surface area contributed by atoms with Crippen molar-refractivity contribution >= 4 is 34.8 Å². The Morgan fingerprint density at radius 3 is 2.76 bits per heavy atom. The third kappa shape index (κ3) is 4.24. The van der Waals surface area contributed by atoms with E-state index in [1.807, 2.05) is 12.1 Å². The number of aromatic nitrogens is 2. The summed E-state index contributed by atoms with van der Waals surface area (Å²) in [6, 6.07) is 15.8. The highest BCUT2D eigenvalue weighted by Crippen LogP contribution is 2.23. The molecule has 0 aliphatic carbocycles.